The van der Waals surface area contributed by atoms with Gasteiger partial charge in [0.15, 0.2) is 0 Å². The summed E-state index contributed by atoms with van der Waals surface area (Å²) in [5.74, 6) is 1.88. The summed E-state index contributed by atoms with van der Waals surface area (Å²) >= 11 is 0. The molecule has 1 rings (SSSR count). The normalized spacial score (nSPS) is 10.7. The van der Waals surface area contributed by atoms with Crippen molar-refractivity contribution in [3.8, 4) is 6.01 Å². The molecule has 114 valence electrons. The Kier molecular flexibility index (Phi) is 7.69. The van der Waals surface area contributed by atoms with E-state index < -0.39 is 0 Å². The number of hydrogen-bond donors (Lipinski definition) is 2. The van der Waals surface area contributed by atoms with Gasteiger partial charge in [-0.2, -0.15) is 15.0 Å². The average molecular weight is 281 g/mol. The van der Waals surface area contributed by atoms with E-state index in [1.54, 1.807) is 14.2 Å². The van der Waals surface area contributed by atoms with Gasteiger partial charge in [-0.25, -0.2) is 0 Å². The Balaban J connectivity index is 2.24. The molecule has 0 saturated heterocycles. The van der Waals surface area contributed by atoms with Crippen LogP contribution in [0.25, 0.3) is 0 Å². The summed E-state index contributed by atoms with van der Waals surface area (Å²) in [7, 11) is 3.32. The Bertz CT molecular complexity index is 362. The fraction of sp³-hybridized carbons (Fsp3) is 0.786. The second kappa shape index (κ2) is 9.34. The van der Waals surface area contributed by atoms with Crippen LogP contribution in [0.2, 0.25) is 0 Å². The van der Waals surface area contributed by atoms with E-state index in [-0.39, 0.29) is 0 Å². The van der Waals surface area contributed by atoms with Crippen LogP contribution in [0.5, 0.6) is 6.01 Å². The minimum absolute atomic E-state index is 0.323. The van der Waals surface area contributed by atoms with Crippen molar-refractivity contribution in [2.75, 3.05) is 31.3 Å². The quantitative estimate of drug-likeness (QED) is 0.642. The van der Waals surface area contributed by atoms with Gasteiger partial charge in [-0.05, 0) is 12.3 Å². The maximum absolute atomic E-state index is 5.04. The van der Waals surface area contributed by atoms with Crippen molar-refractivity contribution in [2.24, 2.45) is 5.92 Å². The first-order valence-corrected chi connectivity index (χ1v) is 7.37. The molecule has 0 unspecified atom stereocenters. The first-order chi connectivity index (χ1) is 9.65. The molecule has 1 heterocycles. The summed E-state index contributed by atoms with van der Waals surface area (Å²) in [6.45, 7) is 5.42. The third kappa shape index (κ3) is 6.54. The molecule has 0 spiro atoms. The van der Waals surface area contributed by atoms with Gasteiger partial charge < -0.3 is 15.4 Å². The molecule has 2 N–H and O–H groups in total. The van der Waals surface area contributed by atoms with Crippen molar-refractivity contribution >= 4 is 11.9 Å². The van der Waals surface area contributed by atoms with E-state index in [9.17, 15) is 0 Å². The second-order valence-electron chi connectivity index (χ2n) is 5.24. The number of rotatable bonds is 10. The van der Waals surface area contributed by atoms with Crippen LogP contribution in [0.4, 0.5) is 11.9 Å². The number of nitrogens with zero attached hydrogens (tertiary/aromatic N) is 3. The number of anilines is 2. The maximum atomic E-state index is 5.04. The predicted octanol–water partition coefficient (Wildman–Crippen LogP) is 2.94. The number of aromatic nitrogens is 3. The smallest absolute Gasteiger partial charge is 0.322 e. The van der Waals surface area contributed by atoms with Gasteiger partial charge in [-0.1, -0.05) is 39.5 Å². The highest BCUT2D eigenvalue weighted by atomic mass is 16.5. The molecular formula is C14H27N5O. The Hall–Kier alpha value is -1.59. The van der Waals surface area contributed by atoms with Crippen LogP contribution < -0.4 is 15.4 Å². The van der Waals surface area contributed by atoms with Crippen LogP contribution in [0, 0.1) is 5.92 Å². The van der Waals surface area contributed by atoms with Crippen molar-refractivity contribution in [3.05, 3.63) is 0 Å². The Labute approximate surface area is 121 Å². The van der Waals surface area contributed by atoms with E-state index >= 15 is 0 Å². The van der Waals surface area contributed by atoms with Crippen LogP contribution in [-0.4, -0.2) is 35.7 Å². The molecule has 0 amide bonds. The number of methoxy groups -OCH3 is 1. The Morgan fingerprint density at radius 3 is 2.35 bits per heavy atom. The summed E-state index contributed by atoms with van der Waals surface area (Å²) in [4.78, 5) is 12.5. The molecule has 0 fully saturated rings. The maximum Gasteiger partial charge on any atom is 0.322 e. The minimum atomic E-state index is 0.323. The molecule has 0 atom stereocenters. The molecule has 0 aliphatic rings. The molecule has 0 saturated carbocycles. The second-order valence-corrected chi connectivity index (χ2v) is 5.24. The van der Waals surface area contributed by atoms with Crippen molar-refractivity contribution in [1.82, 2.24) is 15.0 Å². The summed E-state index contributed by atoms with van der Waals surface area (Å²) in [6, 6.07) is 0.323. The molecule has 0 aromatic carbocycles. The van der Waals surface area contributed by atoms with Gasteiger partial charge in [-0.15, -0.1) is 0 Å². The van der Waals surface area contributed by atoms with Crippen molar-refractivity contribution < 1.29 is 4.74 Å². The van der Waals surface area contributed by atoms with E-state index in [0.29, 0.717) is 17.9 Å². The van der Waals surface area contributed by atoms with Gasteiger partial charge in [-0.3, -0.25) is 0 Å². The first kappa shape index (κ1) is 16.5. The van der Waals surface area contributed by atoms with Gasteiger partial charge in [0.1, 0.15) is 0 Å². The van der Waals surface area contributed by atoms with Crippen LogP contribution in [-0.2, 0) is 0 Å². The highest BCUT2D eigenvalue weighted by Crippen LogP contribution is 2.11. The molecule has 0 aliphatic carbocycles. The largest absolute Gasteiger partial charge is 0.467 e. The van der Waals surface area contributed by atoms with Crippen LogP contribution in [0.15, 0.2) is 0 Å². The van der Waals surface area contributed by atoms with Gasteiger partial charge in [0.25, 0.3) is 0 Å². The summed E-state index contributed by atoms with van der Waals surface area (Å²) in [6.07, 6.45) is 6.30. The Morgan fingerprint density at radius 1 is 1.00 bits per heavy atom. The number of ether oxygens (including phenoxy) is 1. The molecule has 6 heteroatoms. The van der Waals surface area contributed by atoms with Gasteiger partial charge in [0.05, 0.1) is 7.11 Å². The van der Waals surface area contributed by atoms with Crippen molar-refractivity contribution in [3.63, 3.8) is 0 Å². The van der Waals surface area contributed by atoms with E-state index in [4.69, 9.17) is 4.74 Å². The van der Waals surface area contributed by atoms with Gasteiger partial charge >= 0.3 is 6.01 Å². The Morgan fingerprint density at radius 2 is 1.70 bits per heavy atom. The fourth-order valence-corrected chi connectivity index (χ4v) is 1.87. The topological polar surface area (TPSA) is 72.0 Å². The molecule has 20 heavy (non-hydrogen) atoms. The average Bonchev–Trinajstić information content (AvgIpc) is 2.45. The standard InChI is InChI=1S/C14H27N5O/c1-11(2)9-7-5-6-8-10-16-13-17-12(15-3)18-14(19-13)20-4/h11H,5-10H2,1-4H3,(H2,15,16,17,18,19). The van der Waals surface area contributed by atoms with E-state index in [2.05, 4.69) is 39.4 Å². The molecule has 0 aliphatic heterocycles. The lowest BCUT2D eigenvalue weighted by Gasteiger charge is -2.08. The molecule has 1 aromatic rings. The SMILES string of the molecule is CNc1nc(NCCCCCCC(C)C)nc(OC)n1. The van der Waals surface area contributed by atoms with Crippen LogP contribution in [0.1, 0.15) is 46.0 Å². The van der Waals surface area contributed by atoms with E-state index in [1.165, 1.54) is 25.7 Å². The monoisotopic (exact) mass is 281 g/mol. The third-order valence-corrected chi connectivity index (χ3v) is 3.01. The molecular weight excluding hydrogens is 254 g/mol. The summed E-state index contributed by atoms with van der Waals surface area (Å²) in [5, 5.41) is 6.10. The van der Waals surface area contributed by atoms with Crippen LogP contribution in [0.3, 0.4) is 0 Å². The fourth-order valence-electron chi connectivity index (χ4n) is 1.87. The lowest BCUT2D eigenvalue weighted by atomic mass is 10.0. The molecule has 0 radical (unpaired) electrons. The number of unbranched alkanes of at least 4 members (excludes halogenated alkanes) is 3. The minimum Gasteiger partial charge on any atom is -0.467 e. The zero-order valence-electron chi connectivity index (χ0n) is 13.1. The van der Waals surface area contributed by atoms with Gasteiger partial charge in [0, 0.05) is 13.6 Å². The number of nitrogens with one attached hydrogen (secondary N) is 2. The van der Waals surface area contributed by atoms with E-state index in [0.717, 1.165) is 18.9 Å². The summed E-state index contributed by atoms with van der Waals surface area (Å²) in [5.41, 5.74) is 0. The lowest BCUT2D eigenvalue weighted by molar-refractivity contribution is 0.379. The number of hydrogen-bond acceptors (Lipinski definition) is 6. The highest BCUT2D eigenvalue weighted by molar-refractivity contribution is 5.35. The van der Waals surface area contributed by atoms with Crippen LogP contribution >= 0.6 is 0 Å². The zero-order chi connectivity index (χ0) is 14.8. The van der Waals surface area contributed by atoms with Gasteiger partial charge in [0.2, 0.25) is 11.9 Å². The van der Waals surface area contributed by atoms with E-state index in [1.807, 2.05) is 0 Å². The predicted molar refractivity (Wildman–Crippen MR) is 82.3 cm³/mol. The van der Waals surface area contributed by atoms with Crippen molar-refractivity contribution in [2.45, 2.75) is 46.0 Å². The summed E-state index contributed by atoms with van der Waals surface area (Å²) < 4.78 is 5.04. The lowest BCUT2D eigenvalue weighted by Crippen LogP contribution is -2.09. The van der Waals surface area contributed by atoms with Crippen molar-refractivity contribution in [1.29, 1.82) is 0 Å². The zero-order valence-corrected chi connectivity index (χ0v) is 13.1. The molecule has 6 nitrogen and oxygen atoms in total. The highest BCUT2D eigenvalue weighted by Gasteiger charge is 2.04. The molecule has 1 aromatic heterocycles. The first-order valence-electron chi connectivity index (χ1n) is 7.37. The molecule has 0 bridgehead atoms. The third-order valence-electron chi connectivity index (χ3n) is 3.01.